The normalized spacial score (nSPS) is 15.4. The lowest BCUT2D eigenvalue weighted by Crippen LogP contribution is -2.32. The van der Waals surface area contributed by atoms with E-state index in [9.17, 15) is 22.4 Å². The van der Waals surface area contributed by atoms with Crippen molar-refractivity contribution in [2.75, 3.05) is 19.4 Å². The van der Waals surface area contributed by atoms with Gasteiger partial charge >= 0.3 is 6.36 Å². The fourth-order valence-corrected chi connectivity index (χ4v) is 4.17. The summed E-state index contributed by atoms with van der Waals surface area (Å²) in [5.74, 6) is -1.51. The molecular formula is C22H17F4N5O3. The second-order valence-corrected chi connectivity index (χ2v) is 7.87. The monoisotopic (exact) mass is 475 g/mol. The molecule has 5 rings (SSSR count). The molecule has 176 valence electrons. The molecule has 1 amide bonds. The summed E-state index contributed by atoms with van der Waals surface area (Å²) in [7, 11) is 3.16. The number of halogens is 4. The van der Waals surface area contributed by atoms with Gasteiger partial charge in [-0.1, -0.05) is 0 Å². The molecule has 2 N–H and O–H groups in total. The smallest absolute Gasteiger partial charge is 0.491 e. The first kappa shape index (κ1) is 21.7. The number of hydrogen-bond donors (Lipinski definition) is 1. The summed E-state index contributed by atoms with van der Waals surface area (Å²) >= 11 is 0. The standard InChI is InChI=1S/C22H17F4N5O3/c1-30(17-9-33-18-5-10(3-4-11(17)18)34-22(24,25)26)21(32)12-6-13-16(7-15(12)23)29-20(27)14-8-28-31(2)19(13)14/h3-8,17H,9H2,1-2H3,(H2,27,29)/t17-/m1/s1. The average molecular weight is 475 g/mol. The zero-order valence-corrected chi connectivity index (χ0v) is 17.9. The third kappa shape index (κ3) is 3.51. The highest BCUT2D eigenvalue weighted by Gasteiger charge is 2.35. The van der Waals surface area contributed by atoms with Gasteiger partial charge in [-0.2, -0.15) is 5.10 Å². The molecule has 12 heteroatoms. The first-order valence-corrected chi connectivity index (χ1v) is 10.0. The van der Waals surface area contributed by atoms with E-state index in [1.807, 2.05) is 0 Å². The molecule has 3 heterocycles. The van der Waals surface area contributed by atoms with Gasteiger partial charge in [-0.05, 0) is 18.2 Å². The van der Waals surface area contributed by atoms with Crippen LogP contribution in [0, 0.1) is 5.82 Å². The Morgan fingerprint density at radius 1 is 1.26 bits per heavy atom. The second-order valence-electron chi connectivity index (χ2n) is 7.87. The van der Waals surface area contributed by atoms with Gasteiger partial charge < -0.3 is 20.1 Å². The van der Waals surface area contributed by atoms with Crippen molar-refractivity contribution < 1.29 is 31.8 Å². The minimum Gasteiger partial charge on any atom is -0.491 e. The van der Waals surface area contributed by atoms with Gasteiger partial charge in [0.2, 0.25) is 0 Å². The Kier molecular flexibility index (Phi) is 4.78. The molecule has 1 aliphatic heterocycles. The molecule has 0 bridgehead atoms. The molecule has 34 heavy (non-hydrogen) atoms. The van der Waals surface area contributed by atoms with Gasteiger partial charge in [-0.25, -0.2) is 9.37 Å². The lowest BCUT2D eigenvalue weighted by Gasteiger charge is -2.24. The number of aryl methyl sites for hydroxylation is 1. The number of rotatable bonds is 3. The number of carbonyl (C=O) groups is 1. The number of aromatic nitrogens is 3. The third-order valence-corrected chi connectivity index (χ3v) is 5.79. The number of fused-ring (bicyclic) bond motifs is 4. The molecule has 2 aromatic carbocycles. The maximum absolute atomic E-state index is 15.0. The SMILES string of the molecule is CN(C(=O)c1cc2c(cc1F)nc(N)c1cnn(C)c12)[C@@H]1COc2cc(OC(F)(F)F)ccc21. The molecule has 0 saturated carbocycles. The summed E-state index contributed by atoms with van der Waals surface area (Å²) in [6.07, 6.45) is -3.30. The van der Waals surface area contributed by atoms with Gasteiger partial charge in [-0.3, -0.25) is 9.48 Å². The Balaban J connectivity index is 1.50. The number of likely N-dealkylation sites (N-methyl/N-ethyl adjacent to an activating group) is 1. The number of nitrogens with two attached hydrogens (primary N) is 1. The van der Waals surface area contributed by atoms with Crippen molar-refractivity contribution in [2.24, 2.45) is 7.05 Å². The number of amides is 1. The Morgan fingerprint density at radius 2 is 2.03 bits per heavy atom. The lowest BCUT2D eigenvalue weighted by molar-refractivity contribution is -0.274. The first-order chi connectivity index (χ1) is 16.0. The van der Waals surface area contributed by atoms with Crippen LogP contribution in [0.5, 0.6) is 11.5 Å². The van der Waals surface area contributed by atoms with Crippen molar-refractivity contribution in [1.82, 2.24) is 19.7 Å². The predicted octanol–water partition coefficient (Wildman–Crippen LogP) is 3.95. The maximum atomic E-state index is 15.0. The largest absolute Gasteiger partial charge is 0.573 e. The molecule has 8 nitrogen and oxygen atoms in total. The lowest BCUT2D eigenvalue weighted by atomic mass is 10.0. The van der Waals surface area contributed by atoms with E-state index in [1.165, 1.54) is 30.3 Å². The van der Waals surface area contributed by atoms with E-state index in [-0.39, 0.29) is 29.3 Å². The zero-order chi connectivity index (χ0) is 24.4. The Labute approximate surface area is 189 Å². The van der Waals surface area contributed by atoms with Crippen molar-refractivity contribution >= 4 is 33.5 Å². The molecule has 0 saturated heterocycles. The highest BCUT2D eigenvalue weighted by Crippen LogP contribution is 2.40. The number of nitrogens with zero attached hydrogens (tertiary/aromatic N) is 4. The molecular weight excluding hydrogens is 458 g/mol. The molecule has 1 aliphatic rings. The quantitative estimate of drug-likeness (QED) is 0.451. The fourth-order valence-electron chi connectivity index (χ4n) is 4.17. The van der Waals surface area contributed by atoms with Gasteiger partial charge in [-0.15, -0.1) is 13.2 Å². The van der Waals surface area contributed by atoms with E-state index >= 15 is 0 Å². The van der Waals surface area contributed by atoms with Crippen LogP contribution in [0.2, 0.25) is 0 Å². The summed E-state index contributed by atoms with van der Waals surface area (Å²) in [4.78, 5) is 18.8. The summed E-state index contributed by atoms with van der Waals surface area (Å²) in [6, 6.07) is 5.53. The van der Waals surface area contributed by atoms with Gasteiger partial charge in [0, 0.05) is 37.2 Å². The third-order valence-electron chi connectivity index (χ3n) is 5.79. The van der Waals surface area contributed by atoms with Gasteiger partial charge in [0.05, 0.1) is 34.2 Å². The van der Waals surface area contributed by atoms with Gasteiger partial charge in [0.15, 0.2) is 0 Å². The van der Waals surface area contributed by atoms with Gasteiger partial charge in [0.25, 0.3) is 5.91 Å². The topological polar surface area (TPSA) is 95.5 Å². The molecule has 0 radical (unpaired) electrons. The van der Waals surface area contributed by atoms with Crippen LogP contribution in [-0.4, -0.2) is 45.6 Å². The summed E-state index contributed by atoms with van der Waals surface area (Å²) in [5, 5.41) is 5.24. The zero-order valence-electron chi connectivity index (χ0n) is 17.9. The molecule has 0 fully saturated rings. The van der Waals surface area contributed by atoms with E-state index in [0.29, 0.717) is 21.9 Å². The van der Waals surface area contributed by atoms with Crippen LogP contribution in [0.4, 0.5) is 23.4 Å². The van der Waals surface area contributed by atoms with Crippen LogP contribution in [0.15, 0.2) is 36.5 Å². The number of nitrogen functional groups attached to an aromatic ring is 1. The average Bonchev–Trinajstić information content (AvgIpc) is 3.35. The van der Waals surface area contributed by atoms with E-state index in [0.717, 1.165) is 18.2 Å². The molecule has 1 atom stereocenters. The van der Waals surface area contributed by atoms with Crippen LogP contribution >= 0.6 is 0 Å². The Bertz CT molecular complexity index is 1470. The number of anilines is 1. The second kappa shape index (κ2) is 7.47. The van der Waals surface area contributed by atoms with E-state index in [1.54, 1.807) is 11.7 Å². The van der Waals surface area contributed by atoms with Gasteiger partial charge in [0.1, 0.15) is 29.7 Å². The molecule has 2 aromatic heterocycles. The van der Waals surface area contributed by atoms with Crippen molar-refractivity contribution in [3.63, 3.8) is 0 Å². The Hall–Kier alpha value is -4.09. The van der Waals surface area contributed by atoms with Crippen LogP contribution in [0.25, 0.3) is 21.8 Å². The number of carbonyl (C=O) groups excluding carboxylic acids is 1. The molecule has 0 aliphatic carbocycles. The summed E-state index contributed by atoms with van der Waals surface area (Å²) in [5.41, 5.74) is 7.12. The van der Waals surface area contributed by atoms with Crippen LogP contribution in [0.3, 0.4) is 0 Å². The Morgan fingerprint density at radius 3 is 2.76 bits per heavy atom. The minimum absolute atomic E-state index is 0.00763. The predicted molar refractivity (Wildman–Crippen MR) is 114 cm³/mol. The van der Waals surface area contributed by atoms with Crippen molar-refractivity contribution in [3.8, 4) is 11.5 Å². The number of alkyl halides is 3. The number of ether oxygens (including phenoxy) is 2. The first-order valence-electron chi connectivity index (χ1n) is 10.0. The van der Waals surface area contributed by atoms with Crippen LogP contribution < -0.4 is 15.2 Å². The maximum Gasteiger partial charge on any atom is 0.573 e. The van der Waals surface area contributed by atoms with E-state index < -0.39 is 29.9 Å². The molecule has 4 aromatic rings. The highest BCUT2D eigenvalue weighted by atomic mass is 19.4. The van der Waals surface area contributed by atoms with Crippen LogP contribution in [0.1, 0.15) is 22.0 Å². The summed E-state index contributed by atoms with van der Waals surface area (Å²) in [6.45, 7) is -0.00763. The molecule has 0 spiro atoms. The van der Waals surface area contributed by atoms with E-state index in [2.05, 4.69) is 14.8 Å². The van der Waals surface area contributed by atoms with E-state index in [4.69, 9.17) is 10.5 Å². The molecule has 0 unspecified atom stereocenters. The van der Waals surface area contributed by atoms with Crippen molar-refractivity contribution in [1.29, 1.82) is 0 Å². The fraction of sp³-hybridized carbons (Fsp3) is 0.227. The number of benzene rings is 2. The number of pyridine rings is 1. The van der Waals surface area contributed by atoms with Crippen LogP contribution in [-0.2, 0) is 7.05 Å². The minimum atomic E-state index is -4.84. The summed E-state index contributed by atoms with van der Waals surface area (Å²) < 4.78 is 63.4. The van der Waals surface area contributed by atoms with Crippen molar-refractivity contribution in [3.05, 3.63) is 53.5 Å². The van der Waals surface area contributed by atoms with Crippen molar-refractivity contribution in [2.45, 2.75) is 12.4 Å². The number of hydrogen-bond acceptors (Lipinski definition) is 6. The highest BCUT2D eigenvalue weighted by molar-refractivity contribution is 6.10.